The number of pyridine rings is 1. The molecule has 2 aliphatic rings. The van der Waals surface area contributed by atoms with Crippen LogP contribution in [0.2, 0.25) is 5.02 Å². The van der Waals surface area contributed by atoms with Gasteiger partial charge >= 0.3 is 0 Å². The van der Waals surface area contributed by atoms with E-state index in [0.717, 1.165) is 5.82 Å². The number of anilines is 3. The average molecular weight is 455 g/mol. The Labute approximate surface area is 188 Å². The molecule has 10 heteroatoms. The van der Waals surface area contributed by atoms with Gasteiger partial charge < -0.3 is 19.9 Å². The van der Waals surface area contributed by atoms with Gasteiger partial charge in [-0.1, -0.05) is 24.2 Å². The first-order chi connectivity index (χ1) is 15.5. The number of halogens is 2. The molecule has 1 N–H and O–H groups in total. The van der Waals surface area contributed by atoms with Gasteiger partial charge in [-0.2, -0.15) is 0 Å². The Bertz CT molecular complexity index is 1190. The number of piperazine rings is 1. The third-order valence-corrected chi connectivity index (χ3v) is 5.99. The predicted octanol–water partition coefficient (Wildman–Crippen LogP) is 3.16. The summed E-state index contributed by atoms with van der Waals surface area (Å²) in [4.78, 5) is 29.6. The molecular formula is C22H20ClFN6O2. The van der Waals surface area contributed by atoms with E-state index in [0.29, 0.717) is 43.2 Å². The highest BCUT2D eigenvalue weighted by Crippen LogP contribution is 2.30. The number of hydrogen-bond donors (Lipinski definition) is 1. The molecule has 2 atom stereocenters. The van der Waals surface area contributed by atoms with Gasteiger partial charge in [0.05, 0.1) is 41.5 Å². The van der Waals surface area contributed by atoms with Crippen molar-refractivity contribution >= 4 is 45.9 Å². The Morgan fingerprint density at radius 1 is 1.22 bits per heavy atom. The standard InChI is InChI=1S/C22H20ClFN6O2/c1-2-19(31)30-13-8-29(9-14(30)11-32-10-13)18-7-6-17-21(28-18)22(26-12-25-17)27-16-5-3-4-15(23)20(16)24/h2-7,12-14H,1,8-11H2,(H,25,26,27)/t13-,14+. The summed E-state index contributed by atoms with van der Waals surface area (Å²) in [6.07, 6.45) is 2.75. The van der Waals surface area contributed by atoms with Crippen LogP contribution in [0, 0.1) is 5.82 Å². The highest BCUT2D eigenvalue weighted by atomic mass is 35.5. The Hall–Kier alpha value is -3.30. The lowest BCUT2D eigenvalue weighted by Gasteiger charge is -2.49. The number of amides is 1. The monoisotopic (exact) mass is 454 g/mol. The largest absolute Gasteiger partial charge is 0.377 e. The molecule has 0 aliphatic carbocycles. The number of benzene rings is 1. The fourth-order valence-corrected chi connectivity index (χ4v) is 4.42. The lowest BCUT2D eigenvalue weighted by molar-refractivity contribution is -0.142. The first kappa shape index (κ1) is 20.6. The van der Waals surface area contributed by atoms with Crippen LogP contribution in [0.3, 0.4) is 0 Å². The summed E-state index contributed by atoms with van der Waals surface area (Å²) in [7, 11) is 0. The number of rotatable bonds is 4. The SMILES string of the molecule is C=CC(=O)N1[C@@H]2COC[C@H]1CN(c1ccc3ncnc(Nc4cccc(Cl)c4F)c3n1)C2. The summed E-state index contributed by atoms with van der Waals surface area (Å²) in [5.74, 6) is 0.456. The molecule has 2 bridgehead atoms. The van der Waals surface area contributed by atoms with Crippen molar-refractivity contribution in [3.63, 3.8) is 0 Å². The van der Waals surface area contributed by atoms with Crippen LogP contribution in [0.4, 0.5) is 21.7 Å². The number of fused-ring (bicyclic) bond motifs is 3. The maximum atomic E-state index is 14.4. The molecule has 1 amide bonds. The number of nitrogens with zero attached hydrogens (tertiary/aromatic N) is 5. The van der Waals surface area contributed by atoms with Gasteiger partial charge in [0.2, 0.25) is 5.91 Å². The van der Waals surface area contributed by atoms with E-state index in [2.05, 4.69) is 26.8 Å². The molecule has 8 nitrogen and oxygen atoms in total. The summed E-state index contributed by atoms with van der Waals surface area (Å²) in [6.45, 7) is 5.70. The van der Waals surface area contributed by atoms with Crippen LogP contribution in [0.1, 0.15) is 0 Å². The Morgan fingerprint density at radius 3 is 2.75 bits per heavy atom. The molecule has 5 rings (SSSR count). The van der Waals surface area contributed by atoms with Gasteiger partial charge in [-0.3, -0.25) is 4.79 Å². The van der Waals surface area contributed by atoms with Crippen molar-refractivity contribution in [1.29, 1.82) is 0 Å². The van der Waals surface area contributed by atoms with Gasteiger partial charge in [-0.15, -0.1) is 0 Å². The van der Waals surface area contributed by atoms with Gasteiger partial charge in [0, 0.05) is 13.1 Å². The fourth-order valence-electron chi connectivity index (χ4n) is 4.24. The number of aromatic nitrogens is 3. The zero-order valence-electron chi connectivity index (χ0n) is 17.0. The van der Waals surface area contributed by atoms with Gasteiger partial charge in [0.1, 0.15) is 17.7 Å². The molecule has 1 aromatic carbocycles. The van der Waals surface area contributed by atoms with E-state index in [9.17, 15) is 9.18 Å². The molecule has 2 aliphatic heterocycles. The average Bonchev–Trinajstić information content (AvgIpc) is 2.80. The number of carbonyl (C=O) groups is 1. The highest BCUT2D eigenvalue weighted by molar-refractivity contribution is 6.31. The molecule has 164 valence electrons. The number of ether oxygens (including phenoxy) is 1. The first-order valence-electron chi connectivity index (χ1n) is 10.2. The van der Waals surface area contributed by atoms with Gasteiger partial charge in [0.25, 0.3) is 0 Å². The van der Waals surface area contributed by atoms with E-state index >= 15 is 0 Å². The molecule has 32 heavy (non-hydrogen) atoms. The first-order valence-corrected chi connectivity index (χ1v) is 10.5. The lowest BCUT2D eigenvalue weighted by atomic mass is 10.0. The van der Waals surface area contributed by atoms with E-state index in [1.54, 1.807) is 12.1 Å². The highest BCUT2D eigenvalue weighted by Gasteiger charge is 2.40. The minimum Gasteiger partial charge on any atom is -0.377 e. The zero-order chi connectivity index (χ0) is 22.2. The summed E-state index contributed by atoms with van der Waals surface area (Å²) < 4.78 is 20.1. The summed E-state index contributed by atoms with van der Waals surface area (Å²) in [5, 5.41) is 3.00. The van der Waals surface area contributed by atoms with Crippen LogP contribution in [-0.4, -0.2) is 64.1 Å². The van der Waals surface area contributed by atoms with Crippen molar-refractivity contribution in [2.75, 3.05) is 36.5 Å². The molecule has 2 fully saturated rings. The summed E-state index contributed by atoms with van der Waals surface area (Å²) in [6, 6.07) is 8.28. The van der Waals surface area contributed by atoms with E-state index in [4.69, 9.17) is 21.3 Å². The second-order valence-electron chi connectivity index (χ2n) is 7.69. The quantitative estimate of drug-likeness (QED) is 0.606. The van der Waals surface area contributed by atoms with E-state index in [1.807, 2.05) is 17.0 Å². The molecule has 4 heterocycles. The smallest absolute Gasteiger partial charge is 0.246 e. The Morgan fingerprint density at radius 2 is 2.00 bits per heavy atom. The summed E-state index contributed by atoms with van der Waals surface area (Å²) in [5.41, 5.74) is 1.33. The van der Waals surface area contributed by atoms with Crippen LogP contribution in [0.5, 0.6) is 0 Å². The Kier molecular flexibility index (Phi) is 5.36. The number of nitrogens with one attached hydrogen (secondary N) is 1. The van der Waals surface area contributed by atoms with Crippen LogP contribution >= 0.6 is 11.6 Å². The molecule has 0 spiro atoms. The van der Waals surface area contributed by atoms with E-state index in [1.165, 1.54) is 18.5 Å². The fraction of sp³-hybridized carbons (Fsp3) is 0.273. The third-order valence-electron chi connectivity index (χ3n) is 5.69. The minimum absolute atomic E-state index is 0.0164. The maximum absolute atomic E-state index is 14.4. The second kappa shape index (κ2) is 8.33. The molecule has 0 radical (unpaired) electrons. The number of morpholine rings is 1. The topological polar surface area (TPSA) is 83.5 Å². The van der Waals surface area contributed by atoms with Gasteiger partial charge in [-0.05, 0) is 30.3 Å². The molecule has 2 saturated heterocycles. The van der Waals surface area contributed by atoms with Crippen molar-refractivity contribution in [3.8, 4) is 0 Å². The molecule has 3 aromatic rings. The second-order valence-corrected chi connectivity index (χ2v) is 8.09. The molecule has 2 aromatic heterocycles. The zero-order valence-corrected chi connectivity index (χ0v) is 17.8. The maximum Gasteiger partial charge on any atom is 0.246 e. The number of carbonyl (C=O) groups excluding carboxylic acids is 1. The van der Waals surface area contributed by atoms with Crippen LogP contribution in [-0.2, 0) is 9.53 Å². The van der Waals surface area contributed by atoms with Crippen molar-refractivity contribution in [3.05, 3.63) is 60.2 Å². The minimum atomic E-state index is -0.562. The third kappa shape index (κ3) is 3.63. The van der Waals surface area contributed by atoms with Crippen LogP contribution in [0.15, 0.2) is 49.3 Å². The van der Waals surface area contributed by atoms with Gasteiger partial charge in [0.15, 0.2) is 11.6 Å². The van der Waals surface area contributed by atoms with E-state index in [-0.39, 0.29) is 28.7 Å². The van der Waals surface area contributed by atoms with E-state index < -0.39 is 5.82 Å². The molecule has 0 unspecified atom stereocenters. The molecular weight excluding hydrogens is 435 g/mol. The molecule has 0 saturated carbocycles. The number of hydrogen-bond acceptors (Lipinski definition) is 7. The normalized spacial score (nSPS) is 20.3. The van der Waals surface area contributed by atoms with Crippen LogP contribution < -0.4 is 10.2 Å². The predicted molar refractivity (Wildman–Crippen MR) is 120 cm³/mol. The van der Waals surface area contributed by atoms with Crippen molar-refractivity contribution in [2.24, 2.45) is 0 Å². The lowest BCUT2D eigenvalue weighted by Crippen LogP contribution is -2.66. The van der Waals surface area contributed by atoms with Crippen molar-refractivity contribution < 1.29 is 13.9 Å². The van der Waals surface area contributed by atoms with Crippen molar-refractivity contribution in [1.82, 2.24) is 19.9 Å². The Balaban J connectivity index is 1.47. The van der Waals surface area contributed by atoms with Crippen molar-refractivity contribution in [2.45, 2.75) is 12.1 Å². The summed E-state index contributed by atoms with van der Waals surface area (Å²) >= 11 is 5.90. The van der Waals surface area contributed by atoms with Crippen LogP contribution in [0.25, 0.3) is 11.0 Å². The van der Waals surface area contributed by atoms with Gasteiger partial charge in [-0.25, -0.2) is 19.3 Å².